The number of nitrogens with zero attached hydrogens (tertiary/aromatic N) is 1. The molecular weight excluding hydrogens is 270 g/mol. The fraction of sp³-hybridized carbons (Fsp3) is 0.462. The molecule has 2 rings (SSSR count). The van der Waals surface area contributed by atoms with Crippen molar-refractivity contribution >= 4 is 29.3 Å². The van der Waals surface area contributed by atoms with E-state index in [0.29, 0.717) is 15.8 Å². The average molecular weight is 286 g/mol. The molecule has 1 aliphatic heterocycles. The first-order chi connectivity index (χ1) is 8.61. The number of benzene rings is 1. The summed E-state index contributed by atoms with van der Waals surface area (Å²) in [5, 5.41) is 10.3. The summed E-state index contributed by atoms with van der Waals surface area (Å²) in [4.78, 5) is 14.2. The van der Waals surface area contributed by atoms with Crippen molar-refractivity contribution in [3.05, 3.63) is 28.8 Å². The van der Waals surface area contributed by atoms with E-state index in [1.807, 2.05) is 16.7 Å². The average Bonchev–Trinajstić information content (AvgIpc) is 2.41. The smallest absolute Gasteiger partial charge is 0.255 e. The molecule has 1 aliphatic rings. The number of thioether (sulfide) groups is 1. The molecule has 5 heteroatoms. The summed E-state index contributed by atoms with van der Waals surface area (Å²) in [6.07, 6.45) is 1.06. The number of aromatic hydroxyl groups is 1. The highest BCUT2D eigenvalue weighted by atomic mass is 35.5. The van der Waals surface area contributed by atoms with Crippen LogP contribution in [0.5, 0.6) is 5.75 Å². The first kappa shape index (κ1) is 13.6. The monoisotopic (exact) mass is 285 g/mol. The van der Waals surface area contributed by atoms with E-state index in [4.69, 9.17) is 11.6 Å². The molecule has 1 atom stereocenters. The predicted molar refractivity (Wildman–Crippen MR) is 75.6 cm³/mol. The maximum absolute atomic E-state index is 12.4. The van der Waals surface area contributed by atoms with Gasteiger partial charge in [-0.2, -0.15) is 11.8 Å². The summed E-state index contributed by atoms with van der Waals surface area (Å²) in [5.74, 6) is 0.941. The van der Waals surface area contributed by atoms with Gasteiger partial charge in [-0.1, -0.05) is 18.5 Å². The van der Waals surface area contributed by atoms with Gasteiger partial charge in [-0.3, -0.25) is 4.79 Å². The van der Waals surface area contributed by atoms with Crippen molar-refractivity contribution in [1.82, 2.24) is 4.90 Å². The van der Waals surface area contributed by atoms with Gasteiger partial charge in [0.1, 0.15) is 5.75 Å². The Kier molecular flexibility index (Phi) is 4.40. The van der Waals surface area contributed by atoms with Crippen LogP contribution in [0.4, 0.5) is 0 Å². The van der Waals surface area contributed by atoms with Gasteiger partial charge in [0.25, 0.3) is 5.91 Å². The summed E-state index contributed by atoms with van der Waals surface area (Å²) in [6.45, 7) is 3.63. The molecule has 18 heavy (non-hydrogen) atoms. The fourth-order valence-electron chi connectivity index (χ4n) is 2.00. The third-order valence-corrected chi connectivity index (χ3v) is 4.76. The Balaban J connectivity index is 2.17. The zero-order valence-electron chi connectivity index (χ0n) is 10.2. The molecule has 1 fully saturated rings. The van der Waals surface area contributed by atoms with E-state index in [0.717, 1.165) is 25.3 Å². The first-order valence-electron chi connectivity index (χ1n) is 6.01. The molecule has 1 N–H and O–H groups in total. The van der Waals surface area contributed by atoms with Crippen molar-refractivity contribution in [1.29, 1.82) is 0 Å². The molecule has 0 radical (unpaired) electrons. The number of phenolic OH excluding ortho intramolecular Hbond substituents is 1. The molecule has 1 heterocycles. The highest BCUT2D eigenvalue weighted by Gasteiger charge is 2.25. The summed E-state index contributed by atoms with van der Waals surface area (Å²) in [5.41, 5.74) is 0.387. The van der Waals surface area contributed by atoms with Crippen LogP contribution in [0.25, 0.3) is 0 Å². The normalized spacial score (nSPS) is 19.9. The number of amides is 1. The fourth-order valence-corrected chi connectivity index (χ4v) is 3.38. The molecule has 1 aromatic carbocycles. The Labute approximate surface area is 116 Å². The second-order valence-corrected chi connectivity index (χ2v) is 6.13. The molecule has 3 nitrogen and oxygen atoms in total. The van der Waals surface area contributed by atoms with Gasteiger partial charge in [0.05, 0.1) is 10.6 Å². The number of halogens is 1. The maximum Gasteiger partial charge on any atom is 0.255 e. The third kappa shape index (κ3) is 2.93. The Morgan fingerprint density at radius 1 is 1.61 bits per heavy atom. The number of phenols is 1. The van der Waals surface area contributed by atoms with Crippen molar-refractivity contribution < 1.29 is 9.90 Å². The number of rotatable bonds is 2. The van der Waals surface area contributed by atoms with E-state index in [1.54, 1.807) is 6.07 Å². The van der Waals surface area contributed by atoms with Crippen LogP contribution < -0.4 is 0 Å². The highest BCUT2D eigenvalue weighted by molar-refractivity contribution is 8.00. The van der Waals surface area contributed by atoms with Crippen molar-refractivity contribution in [3.8, 4) is 5.75 Å². The van der Waals surface area contributed by atoms with Crippen molar-refractivity contribution in [2.45, 2.75) is 18.6 Å². The summed E-state index contributed by atoms with van der Waals surface area (Å²) in [6, 6.07) is 4.48. The van der Waals surface area contributed by atoms with Crippen molar-refractivity contribution in [2.24, 2.45) is 0 Å². The van der Waals surface area contributed by atoms with Crippen LogP contribution >= 0.6 is 23.4 Å². The molecule has 0 spiro atoms. The Bertz CT molecular complexity index is 453. The molecule has 0 bridgehead atoms. The van der Waals surface area contributed by atoms with Gasteiger partial charge in [-0.15, -0.1) is 0 Å². The van der Waals surface area contributed by atoms with Crippen LogP contribution in [0.2, 0.25) is 5.02 Å². The van der Waals surface area contributed by atoms with Gasteiger partial charge >= 0.3 is 0 Å². The number of hydrogen-bond donors (Lipinski definition) is 1. The summed E-state index contributed by atoms with van der Waals surface area (Å²) >= 11 is 7.93. The lowest BCUT2D eigenvalue weighted by atomic mass is 10.1. The van der Waals surface area contributed by atoms with E-state index in [1.165, 1.54) is 12.1 Å². The van der Waals surface area contributed by atoms with Gasteiger partial charge in [-0.05, 0) is 24.6 Å². The summed E-state index contributed by atoms with van der Waals surface area (Å²) < 4.78 is 0. The minimum absolute atomic E-state index is 0.0705. The topological polar surface area (TPSA) is 40.5 Å². The molecule has 0 aliphatic carbocycles. The largest absolute Gasteiger partial charge is 0.508 e. The van der Waals surface area contributed by atoms with Crippen molar-refractivity contribution in [2.75, 3.05) is 18.8 Å². The lowest BCUT2D eigenvalue weighted by molar-refractivity contribution is 0.0760. The maximum atomic E-state index is 12.4. The standard InChI is InChI=1S/C13H16ClNO2S/c1-2-10-8-15(5-6-18-10)13(17)11-7-9(16)3-4-12(11)14/h3-4,7,10,16H,2,5-6,8H2,1H3. The van der Waals surface area contributed by atoms with Gasteiger partial charge in [0.15, 0.2) is 0 Å². The third-order valence-electron chi connectivity index (χ3n) is 3.06. The minimum Gasteiger partial charge on any atom is -0.508 e. The van der Waals surface area contributed by atoms with Crippen LogP contribution in [-0.2, 0) is 0 Å². The quantitative estimate of drug-likeness (QED) is 0.908. The van der Waals surface area contributed by atoms with Crippen molar-refractivity contribution in [3.63, 3.8) is 0 Å². The molecule has 1 amide bonds. The van der Waals surface area contributed by atoms with Gasteiger partial charge < -0.3 is 10.0 Å². The Morgan fingerprint density at radius 3 is 3.11 bits per heavy atom. The van der Waals surface area contributed by atoms with Gasteiger partial charge in [-0.25, -0.2) is 0 Å². The lowest BCUT2D eigenvalue weighted by Gasteiger charge is -2.32. The van der Waals surface area contributed by atoms with E-state index in [9.17, 15) is 9.90 Å². The van der Waals surface area contributed by atoms with E-state index in [-0.39, 0.29) is 11.7 Å². The molecular formula is C13H16ClNO2S. The highest BCUT2D eigenvalue weighted by Crippen LogP contribution is 2.26. The molecule has 0 saturated carbocycles. The zero-order chi connectivity index (χ0) is 13.1. The van der Waals surface area contributed by atoms with Crippen LogP contribution in [0.15, 0.2) is 18.2 Å². The lowest BCUT2D eigenvalue weighted by Crippen LogP contribution is -2.41. The van der Waals surface area contributed by atoms with Crippen LogP contribution in [0, 0.1) is 0 Å². The minimum atomic E-state index is -0.0883. The Morgan fingerprint density at radius 2 is 2.39 bits per heavy atom. The molecule has 0 aromatic heterocycles. The van der Waals surface area contributed by atoms with E-state index < -0.39 is 0 Å². The molecule has 1 saturated heterocycles. The first-order valence-corrected chi connectivity index (χ1v) is 7.44. The number of carbonyl (C=O) groups excluding carboxylic acids is 1. The molecule has 1 aromatic rings. The van der Waals surface area contributed by atoms with Gasteiger partial charge in [0, 0.05) is 24.1 Å². The van der Waals surface area contributed by atoms with Crippen LogP contribution in [-0.4, -0.2) is 40.0 Å². The van der Waals surface area contributed by atoms with Crippen LogP contribution in [0.1, 0.15) is 23.7 Å². The molecule has 1 unspecified atom stereocenters. The van der Waals surface area contributed by atoms with Crippen LogP contribution in [0.3, 0.4) is 0 Å². The SMILES string of the molecule is CCC1CN(C(=O)c2cc(O)ccc2Cl)CCS1. The number of hydrogen-bond acceptors (Lipinski definition) is 3. The second-order valence-electron chi connectivity index (χ2n) is 4.32. The summed E-state index contributed by atoms with van der Waals surface area (Å²) in [7, 11) is 0. The second kappa shape index (κ2) is 5.85. The number of carbonyl (C=O) groups is 1. The predicted octanol–water partition coefficient (Wildman–Crippen LogP) is 3.01. The van der Waals surface area contributed by atoms with Gasteiger partial charge in [0.2, 0.25) is 0 Å². The molecule has 98 valence electrons. The Hall–Kier alpha value is -0.870. The van der Waals surface area contributed by atoms with E-state index in [2.05, 4.69) is 6.92 Å². The zero-order valence-corrected chi connectivity index (χ0v) is 11.8. The van der Waals surface area contributed by atoms with E-state index >= 15 is 0 Å².